The summed E-state index contributed by atoms with van der Waals surface area (Å²) < 4.78 is 41.7. The number of anilines is 1. The number of imidazole rings is 1. The second kappa shape index (κ2) is 6.74. The highest BCUT2D eigenvalue weighted by atomic mass is 19.4. The van der Waals surface area contributed by atoms with Crippen LogP contribution in [0.5, 0.6) is 0 Å². The van der Waals surface area contributed by atoms with Crippen LogP contribution in [0, 0.1) is 5.92 Å². The van der Waals surface area contributed by atoms with Gasteiger partial charge in [-0.2, -0.15) is 13.2 Å². The molecule has 3 fully saturated rings. The number of nitrogens with zero attached hydrogens (tertiary/aromatic N) is 4. The van der Waals surface area contributed by atoms with Crippen LogP contribution >= 0.6 is 0 Å². The number of alkyl halides is 3. The number of aryl methyl sites for hydroxylation is 1. The van der Waals surface area contributed by atoms with E-state index in [-0.39, 0.29) is 17.5 Å². The fourth-order valence-corrected chi connectivity index (χ4v) is 6.40. The number of fused-ring (bicyclic) bond motifs is 4. The summed E-state index contributed by atoms with van der Waals surface area (Å²) in [5.41, 5.74) is 9.33. The van der Waals surface area contributed by atoms with E-state index in [2.05, 4.69) is 9.97 Å². The second-order valence-corrected chi connectivity index (χ2v) is 10.2. The highest BCUT2D eigenvalue weighted by Crippen LogP contribution is 2.63. The van der Waals surface area contributed by atoms with Crippen LogP contribution in [0.4, 0.5) is 19.0 Å². The minimum Gasteiger partial charge on any atom is -0.382 e. The molecule has 0 radical (unpaired) electrons. The van der Waals surface area contributed by atoms with Crippen molar-refractivity contribution in [2.24, 2.45) is 5.92 Å². The van der Waals surface area contributed by atoms with E-state index in [9.17, 15) is 18.0 Å². The Morgan fingerprint density at radius 3 is 2.63 bits per heavy atom. The Kier molecular flexibility index (Phi) is 3.99. The monoisotopic (exact) mass is 477 g/mol. The second-order valence-electron chi connectivity index (χ2n) is 10.2. The molecule has 1 unspecified atom stereocenters. The topological polar surface area (TPSA) is 76.5 Å². The molecule has 8 rings (SSSR count). The number of nitrogens with two attached hydrogens (primary N) is 1. The highest BCUT2D eigenvalue weighted by molar-refractivity contribution is 5.99. The summed E-state index contributed by atoms with van der Waals surface area (Å²) >= 11 is 0. The van der Waals surface area contributed by atoms with Gasteiger partial charge in [0.15, 0.2) is 0 Å². The van der Waals surface area contributed by atoms with Crippen LogP contribution in [0.15, 0.2) is 48.9 Å². The van der Waals surface area contributed by atoms with Gasteiger partial charge in [-0.1, -0.05) is 6.07 Å². The van der Waals surface area contributed by atoms with Crippen LogP contribution in [0.2, 0.25) is 0 Å². The van der Waals surface area contributed by atoms with Crippen molar-refractivity contribution in [2.45, 2.75) is 49.9 Å². The zero-order valence-corrected chi connectivity index (χ0v) is 18.7. The number of hydrogen-bond acceptors (Lipinski definition) is 4. The van der Waals surface area contributed by atoms with Crippen molar-refractivity contribution in [3.8, 4) is 0 Å². The molecule has 9 heteroatoms. The van der Waals surface area contributed by atoms with Gasteiger partial charge in [0.2, 0.25) is 0 Å². The summed E-state index contributed by atoms with van der Waals surface area (Å²) in [6.07, 6.45) is 2.95. The third-order valence-electron chi connectivity index (χ3n) is 8.19. The zero-order chi connectivity index (χ0) is 24.1. The number of aromatic nitrogens is 3. The number of amides is 1. The van der Waals surface area contributed by atoms with Gasteiger partial charge < -0.3 is 10.6 Å². The van der Waals surface area contributed by atoms with E-state index in [4.69, 9.17) is 5.73 Å². The van der Waals surface area contributed by atoms with Crippen molar-refractivity contribution >= 4 is 28.3 Å². The molecular weight excluding hydrogens is 455 g/mol. The summed E-state index contributed by atoms with van der Waals surface area (Å²) in [6.45, 7) is 0. The molecule has 6 nitrogen and oxygen atoms in total. The molecule has 1 atom stereocenters. The number of carbonyl (C=O) groups is 1. The molecule has 2 aromatic carbocycles. The van der Waals surface area contributed by atoms with Gasteiger partial charge in [0.1, 0.15) is 11.3 Å². The maximum absolute atomic E-state index is 14.1. The zero-order valence-electron chi connectivity index (χ0n) is 18.7. The Labute approximate surface area is 198 Å². The van der Waals surface area contributed by atoms with Gasteiger partial charge in [-0.25, -0.2) is 9.97 Å². The van der Waals surface area contributed by atoms with E-state index in [1.54, 1.807) is 30.7 Å². The maximum atomic E-state index is 14.1. The molecular formula is C26H22F3N5O. The van der Waals surface area contributed by atoms with E-state index < -0.39 is 11.7 Å². The molecule has 2 bridgehead atoms. The van der Waals surface area contributed by atoms with E-state index >= 15 is 0 Å². The first-order chi connectivity index (χ1) is 16.7. The molecule has 178 valence electrons. The number of nitrogen functional groups attached to an aromatic ring is 1. The quantitative estimate of drug-likeness (QED) is 0.442. The van der Waals surface area contributed by atoms with Crippen molar-refractivity contribution < 1.29 is 18.0 Å². The molecule has 4 aliphatic carbocycles. The molecule has 4 aliphatic rings. The van der Waals surface area contributed by atoms with Crippen molar-refractivity contribution in [3.63, 3.8) is 0 Å². The Morgan fingerprint density at radius 2 is 1.91 bits per heavy atom. The number of carbonyl (C=O) groups excluding carboxylic acids is 1. The molecule has 1 amide bonds. The van der Waals surface area contributed by atoms with Crippen molar-refractivity contribution in [3.05, 3.63) is 71.2 Å². The number of benzene rings is 2. The highest BCUT2D eigenvalue weighted by Gasteiger charge is 2.63. The lowest BCUT2D eigenvalue weighted by Crippen LogP contribution is -2.69. The Hall–Kier alpha value is -3.62. The van der Waals surface area contributed by atoms with Gasteiger partial charge in [0.05, 0.1) is 35.2 Å². The molecule has 3 saturated carbocycles. The third kappa shape index (κ3) is 2.87. The molecule has 0 spiro atoms. The molecule has 0 aliphatic heterocycles. The predicted molar refractivity (Wildman–Crippen MR) is 124 cm³/mol. The van der Waals surface area contributed by atoms with Crippen molar-refractivity contribution in [2.75, 3.05) is 5.73 Å². The van der Waals surface area contributed by atoms with E-state index in [1.165, 1.54) is 6.07 Å². The smallest absolute Gasteiger partial charge is 0.382 e. The molecule has 35 heavy (non-hydrogen) atoms. The fraction of sp³-hybridized carbons (Fsp3) is 0.346. The third-order valence-corrected chi connectivity index (χ3v) is 8.19. The standard InChI is InChI=1S/C26H22F3N5O/c27-26(28,29)17-3-4-18-15(7-17)2-6-20(18)34(25-9-14(10-25)11-25)24(35)16-1-5-19-21(8-16)33-13-31-12-22(33)23(30)32-19/h1,3-5,7-8,12-14,20H,2,6,9-11H2,(H2,30,32). The lowest BCUT2D eigenvalue weighted by Gasteiger charge is -2.67. The SMILES string of the molecule is Nc1nc2ccc(C(=O)N(C3CCc4cc(C(F)(F)F)ccc43)C34CC(C3)C4)cc2n2cncc12. The summed E-state index contributed by atoms with van der Waals surface area (Å²) in [5.74, 6) is 0.923. The van der Waals surface area contributed by atoms with Crippen LogP contribution in [-0.4, -0.2) is 30.7 Å². The first kappa shape index (κ1) is 20.7. The molecule has 0 saturated heterocycles. The number of rotatable bonds is 3. The lowest BCUT2D eigenvalue weighted by atomic mass is 9.48. The summed E-state index contributed by atoms with van der Waals surface area (Å²) in [6, 6.07) is 9.11. The maximum Gasteiger partial charge on any atom is 0.416 e. The fourth-order valence-electron chi connectivity index (χ4n) is 6.40. The number of halogens is 3. The van der Waals surface area contributed by atoms with Crippen molar-refractivity contribution in [1.29, 1.82) is 0 Å². The first-order valence-corrected chi connectivity index (χ1v) is 11.8. The average molecular weight is 477 g/mol. The van der Waals surface area contributed by atoms with Crippen LogP contribution in [0.1, 0.15) is 58.8 Å². The lowest BCUT2D eigenvalue weighted by molar-refractivity contribution is -0.139. The average Bonchev–Trinajstić information content (AvgIpc) is 3.41. The van der Waals surface area contributed by atoms with E-state index in [0.29, 0.717) is 46.7 Å². The van der Waals surface area contributed by atoms with Crippen LogP contribution in [0.25, 0.3) is 16.6 Å². The van der Waals surface area contributed by atoms with Crippen LogP contribution in [-0.2, 0) is 12.6 Å². The molecule has 2 aromatic heterocycles. The van der Waals surface area contributed by atoms with Gasteiger partial charge in [-0.3, -0.25) is 9.20 Å². The van der Waals surface area contributed by atoms with Gasteiger partial charge in [-0.15, -0.1) is 0 Å². The number of hydrogen-bond donors (Lipinski definition) is 1. The summed E-state index contributed by atoms with van der Waals surface area (Å²) in [4.78, 5) is 24.7. The predicted octanol–water partition coefficient (Wildman–Crippen LogP) is 5.17. The Morgan fingerprint density at radius 1 is 1.11 bits per heavy atom. The van der Waals surface area contributed by atoms with Gasteiger partial charge in [0, 0.05) is 11.1 Å². The van der Waals surface area contributed by atoms with Crippen LogP contribution < -0.4 is 5.73 Å². The molecule has 4 aromatic rings. The summed E-state index contributed by atoms with van der Waals surface area (Å²) in [7, 11) is 0. The normalized spacial score (nSPS) is 24.8. The minimum atomic E-state index is -4.38. The molecule has 2 N–H and O–H groups in total. The molecule has 2 heterocycles. The van der Waals surface area contributed by atoms with Gasteiger partial charge >= 0.3 is 6.18 Å². The van der Waals surface area contributed by atoms with Gasteiger partial charge in [0.25, 0.3) is 5.91 Å². The Balaban J connectivity index is 1.31. The Bertz CT molecular complexity index is 1520. The van der Waals surface area contributed by atoms with Crippen LogP contribution in [0.3, 0.4) is 0 Å². The van der Waals surface area contributed by atoms with Gasteiger partial charge in [-0.05, 0) is 79.5 Å². The summed E-state index contributed by atoms with van der Waals surface area (Å²) in [5, 5.41) is 0. The minimum absolute atomic E-state index is 0.0899. The van der Waals surface area contributed by atoms with E-state index in [0.717, 1.165) is 36.4 Å². The largest absolute Gasteiger partial charge is 0.416 e. The first-order valence-electron chi connectivity index (χ1n) is 11.8. The van der Waals surface area contributed by atoms with Crippen molar-refractivity contribution in [1.82, 2.24) is 19.3 Å². The van der Waals surface area contributed by atoms with E-state index in [1.807, 2.05) is 15.4 Å².